The van der Waals surface area contributed by atoms with Crippen LogP contribution < -0.4 is 18.9 Å². The predicted octanol–water partition coefficient (Wildman–Crippen LogP) is 6.23. The normalized spacial score (nSPS) is 19.5. The van der Waals surface area contributed by atoms with Crippen LogP contribution in [0.4, 0.5) is 13.2 Å². The third kappa shape index (κ3) is 8.01. The van der Waals surface area contributed by atoms with E-state index in [0.717, 1.165) is 44.1 Å². The highest BCUT2D eigenvalue weighted by Gasteiger charge is 2.34. The molecule has 2 saturated carbocycles. The van der Waals surface area contributed by atoms with Crippen LogP contribution in [-0.2, 0) is 4.79 Å². The summed E-state index contributed by atoms with van der Waals surface area (Å²) in [6.45, 7) is -1.45. The quantitative estimate of drug-likeness (QED) is 0.264. The van der Waals surface area contributed by atoms with Gasteiger partial charge in [0.05, 0.1) is 25.3 Å². The van der Waals surface area contributed by atoms with Crippen LogP contribution >= 0.6 is 0 Å². The van der Waals surface area contributed by atoms with Crippen LogP contribution in [0, 0.1) is 5.92 Å². The molecule has 1 unspecified atom stereocenters. The van der Waals surface area contributed by atoms with Gasteiger partial charge in [0.25, 0.3) is 0 Å². The van der Waals surface area contributed by atoms with E-state index in [2.05, 4.69) is 19.9 Å². The number of rotatable bonds is 12. The van der Waals surface area contributed by atoms with Gasteiger partial charge in [-0.3, -0.25) is 4.79 Å². The molecule has 42 heavy (non-hydrogen) atoms. The van der Waals surface area contributed by atoms with Crippen LogP contribution in [0.3, 0.4) is 0 Å². The third-order valence-corrected chi connectivity index (χ3v) is 7.46. The van der Waals surface area contributed by atoms with Gasteiger partial charge in [-0.2, -0.15) is 13.2 Å². The van der Waals surface area contributed by atoms with Gasteiger partial charge in [-0.05, 0) is 80.2 Å². The van der Waals surface area contributed by atoms with Gasteiger partial charge in [0.2, 0.25) is 11.8 Å². The van der Waals surface area contributed by atoms with Gasteiger partial charge >= 0.3 is 12.1 Å². The highest BCUT2D eigenvalue weighted by Crippen LogP contribution is 2.45. The zero-order valence-corrected chi connectivity index (χ0v) is 23.0. The summed E-state index contributed by atoms with van der Waals surface area (Å²) < 4.78 is 59.9. The molecule has 2 heterocycles. The van der Waals surface area contributed by atoms with Crippen LogP contribution in [0.2, 0.25) is 0 Å². The van der Waals surface area contributed by atoms with Crippen molar-refractivity contribution in [3.8, 4) is 34.5 Å². The Morgan fingerprint density at radius 2 is 1.69 bits per heavy atom. The molecule has 1 N–H and O–H groups in total. The van der Waals surface area contributed by atoms with Crippen molar-refractivity contribution in [1.82, 2.24) is 15.2 Å². The number of pyridine rings is 1. The molecule has 3 aromatic rings. The summed E-state index contributed by atoms with van der Waals surface area (Å²) in [6.07, 6.45) is 2.17. The van der Waals surface area contributed by atoms with E-state index in [4.69, 9.17) is 14.2 Å². The number of hydrogen-bond donors (Lipinski definition) is 1. The lowest BCUT2D eigenvalue weighted by molar-refractivity contribution is -0.154. The molecule has 0 radical (unpaired) electrons. The average molecular weight is 588 g/mol. The standard InChI is InChI=1S/C30H32F3N3O6/c1-39-22-8-9-23(25-10-11-27(36-35-25)40-17-30(31,32)33)26(15-22)41-20-4-6-21(7-5-20)42-28-14-19(12-13-34-28)24(16-29(37)38)18-2-3-18/h8-15,18,20-21,24H,2-7,16-17H2,1H3,(H,37,38). The number of nitrogens with zero attached hydrogens (tertiary/aromatic N) is 3. The monoisotopic (exact) mass is 587 g/mol. The van der Waals surface area contributed by atoms with Crippen LogP contribution in [0.1, 0.15) is 56.4 Å². The van der Waals surface area contributed by atoms with Gasteiger partial charge in [0.15, 0.2) is 6.61 Å². The van der Waals surface area contributed by atoms with E-state index in [1.165, 1.54) is 12.1 Å². The fourth-order valence-corrected chi connectivity index (χ4v) is 5.22. The van der Waals surface area contributed by atoms with Crippen molar-refractivity contribution in [2.45, 2.75) is 69.2 Å². The molecule has 1 aromatic carbocycles. The zero-order chi connectivity index (χ0) is 29.7. The Morgan fingerprint density at radius 1 is 0.952 bits per heavy atom. The molecule has 0 saturated heterocycles. The number of aromatic nitrogens is 3. The van der Waals surface area contributed by atoms with Crippen LogP contribution in [0.5, 0.6) is 23.3 Å². The number of halogens is 3. The summed E-state index contributed by atoms with van der Waals surface area (Å²) in [6, 6.07) is 11.9. The van der Waals surface area contributed by atoms with Crippen molar-refractivity contribution in [3.05, 3.63) is 54.2 Å². The Balaban J connectivity index is 1.20. The first kappa shape index (κ1) is 29.4. The maximum absolute atomic E-state index is 12.4. The van der Waals surface area contributed by atoms with E-state index in [0.29, 0.717) is 34.6 Å². The summed E-state index contributed by atoms with van der Waals surface area (Å²) in [5.74, 6) is 0.958. The van der Waals surface area contributed by atoms with Crippen LogP contribution in [-0.4, -0.2) is 58.4 Å². The number of aliphatic carboxylic acids is 1. The molecule has 5 rings (SSSR count). The number of carbonyl (C=O) groups is 1. The van der Waals surface area contributed by atoms with E-state index >= 15 is 0 Å². The molecular formula is C30H32F3N3O6. The topological polar surface area (TPSA) is 113 Å². The zero-order valence-electron chi connectivity index (χ0n) is 23.0. The molecule has 0 spiro atoms. The summed E-state index contributed by atoms with van der Waals surface area (Å²) in [4.78, 5) is 15.7. The Hall–Kier alpha value is -4.09. The summed E-state index contributed by atoms with van der Waals surface area (Å²) in [7, 11) is 1.55. The minimum Gasteiger partial charge on any atom is -0.497 e. The maximum atomic E-state index is 12.4. The van der Waals surface area contributed by atoms with E-state index < -0.39 is 18.8 Å². The minimum atomic E-state index is -4.47. The lowest BCUT2D eigenvalue weighted by Crippen LogP contribution is -2.30. The summed E-state index contributed by atoms with van der Waals surface area (Å²) in [5, 5.41) is 17.2. The number of carboxylic acids is 1. The molecule has 2 aliphatic carbocycles. The molecule has 1 atom stereocenters. The van der Waals surface area contributed by atoms with Crippen molar-refractivity contribution in [3.63, 3.8) is 0 Å². The highest BCUT2D eigenvalue weighted by molar-refractivity contribution is 5.69. The number of methoxy groups -OCH3 is 1. The highest BCUT2D eigenvalue weighted by atomic mass is 19.4. The molecule has 2 fully saturated rings. The number of hydrogen-bond acceptors (Lipinski definition) is 8. The van der Waals surface area contributed by atoms with Crippen molar-refractivity contribution in [2.75, 3.05) is 13.7 Å². The molecule has 0 bridgehead atoms. The van der Waals surface area contributed by atoms with Crippen molar-refractivity contribution in [2.24, 2.45) is 5.92 Å². The fourth-order valence-electron chi connectivity index (χ4n) is 5.22. The van der Waals surface area contributed by atoms with Gasteiger partial charge in [-0.1, -0.05) is 0 Å². The van der Waals surface area contributed by atoms with Crippen LogP contribution in [0.15, 0.2) is 48.7 Å². The second kappa shape index (κ2) is 12.8. The first-order valence-electron chi connectivity index (χ1n) is 13.9. The molecule has 2 aliphatic rings. The van der Waals surface area contributed by atoms with Crippen molar-refractivity contribution in [1.29, 1.82) is 0 Å². The average Bonchev–Trinajstić information content (AvgIpc) is 3.81. The number of benzene rings is 1. The molecule has 0 amide bonds. The third-order valence-electron chi connectivity index (χ3n) is 7.46. The van der Waals surface area contributed by atoms with Gasteiger partial charge in [-0.25, -0.2) is 4.98 Å². The van der Waals surface area contributed by atoms with Gasteiger partial charge in [0, 0.05) is 30.0 Å². The summed E-state index contributed by atoms with van der Waals surface area (Å²) >= 11 is 0. The van der Waals surface area contributed by atoms with Crippen molar-refractivity contribution < 1.29 is 42.0 Å². The lowest BCUT2D eigenvalue weighted by Gasteiger charge is -2.30. The fraction of sp³-hybridized carbons (Fsp3) is 0.467. The van der Waals surface area contributed by atoms with E-state index in [9.17, 15) is 23.1 Å². The molecule has 0 aliphatic heterocycles. The molecular weight excluding hydrogens is 555 g/mol. The van der Waals surface area contributed by atoms with Crippen LogP contribution in [0.25, 0.3) is 11.3 Å². The Morgan fingerprint density at radius 3 is 2.31 bits per heavy atom. The van der Waals surface area contributed by atoms with Gasteiger partial charge < -0.3 is 24.1 Å². The predicted molar refractivity (Wildman–Crippen MR) is 145 cm³/mol. The number of ether oxygens (including phenoxy) is 4. The largest absolute Gasteiger partial charge is 0.497 e. The maximum Gasteiger partial charge on any atom is 0.422 e. The van der Waals surface area contributed by atoms with Crippen molar-refractivity contribution >= 4 is 5.97 Å². The van der Waals surface area contributed by atoms with Gasteiger partial charge in [0.1, 0.15) is 17.6 Å². The summed E-state index contributed by atoms with van der Waals surface area (Å²) in [5.41, 5.74) is 1.99. The SMILES string of the molecule is COc1ccc(-c2ccc(OCC(F)(F)F)nn2)c(OC2CCC(Oc3cc(C(CC(=O)O)C4CC4)ccn3)CC2)c1. The molecule has 2 aromatic heterocycles. The number of carboxylic acid groups (broad SMARTS) is 1. The second-order valence-corrected chi connectivity index (χ2v) is 10.6. The minimum absolute atomic E-state index is 0.0256. The molecule has 224 valence electrons. The Labute approximate surface area is 241 Å². The Kier molecular flexibility index (Phi) is 8.98. The second-order valence-electron chi connectivity index (χ2n) is 10.6. The Bertz CT molecular complexity index is 1360. The first-order valence-corrected chi connectivity index (χ1v) is 13.9. The first-order chi connectivity index (χ1) is 20.2. The van der Waals surface area contributed by atoms with E-state index in [1.54, 1.807) is 31.5 Å². The smallest absolute Gasteiger partial charge is 0.422 e. The number of alkyl halides is 3. The van der Waals surface area contributed by atoms with E-state index in [1.807, 2.05) is 12.1 Å². The van der Waals surface area contributed by atoms with E-state index in [-0.39, 0.29) is 30.4 Å². The molecule has 9 nitrogen and oxygen atoms in total. The molecule has 12 heteroatoms. The lowest BCUT2D eigenvalue weighted by atomic mass is 9.91. The van der Waals surface area contributed by atoms with Gasteiger partial charge in [-0.15, -0.1) is 10.2 Å².